The molecule has 3 aromatic carbocycles. The van der Waals surface area contributed by atoms with Crippen LogP contribution in [0.1, 0.15) is 37.3 Å². The van der Waals surface area contributed by atoms with E-state index < -0.39 is 31.6 Å². The maximum absolute atomic E-state index is 16.3. The second-order valence-electron chi connectivity index (χ2n) is 13.6. The second-order valence-corrected chi connectivity index (χ2v) is 18.3. The van der Waals surface area contributed by atoms with Crippen molar-refractivity contribution in [2.45, 2.75) is 69.1 Å². The highest BCUT2D eigenvalue weighted by Gasteiger charge is 2.67. The number of aliphatic hydroxyl groups excluding tert-OH is 1. The number of carbonyl (C=O) groups excluding carboxylic acids is 2. The first-order valence-electron chi connectivity index (χ1n) is 16.1. The summed E-state index contributed by atoms with van der Waals surface area (Å²) < 4.78 is 25.3. The summed E-state index contributed by atoms with van der Waals surface area (Å²) in [6, 6.07) is 20.2. The lowest BCUT2D eigenvalue weighted by Crippen LogP contribution is -2.45. The molecule has 246 valence electrons. The van der Waals surface area contributed by atoms with Gasteiger partial charge in [-0.3, -0.25) is 19.5 Å². The average molecular weight is 722 g/mol. The molecule has 4 aromatic rings. The molecule has 1 spiro atoms. The molecule has 2 amide bonds. The van der Waals surface area contributed by atoms with E-state index in [1.54, 1.807) is 29.0 Å². The summed E-state index contributed by atoms with van der Waals surface area (Å²) >= 11 is 3.58. The Labute approximate surface area is 281 Å². The van der Waals surface area contributed by atoms with Gasteiger partial charge in [0.2, 0.25) is 14.3 Å². The zero-order valence-corrected chi connectivity index (χ0v) is 29.2. The van der Waals surface area contributed by atoms with Crippen molar-refractivity contribution in [1.82, 2.24) is 14.7 Å². The first-order valence-corrected chi connectivity index (χ1v) is 19.9. The molecule has 4 heterocycles. The topological polar surface area (TPSA) is 108 Å². The Kier molecular flexibility index (Phi) is 8.05. The van der Waals surface area contributed by atoms with E-state index in [0.717, 1.165) is 28.4 Å². The average Bonchev–Trinajstić information content (AvgIpc) is 3.78. The molecule has 2 N–H and O–H groups in total. The number of nitrogens with zero attached hydrogens (tertiary/aromatic N) is 3. The number of aromatic amines is 1. The van der Waals surface area contributed by atoms with E-state index >= 15 is 4.11 Å². The molecule has 1 aromatic heterocycles. The first-order chi connectivity index (χ1) is 22.4. The molecule has 12 heteroatoms. The molecule has 2 fully saturated rings. The predicted octanol–water partition coefficient (Wildman–Crippen LogP) is 5.78. The first kappa shape index (κ1) is 32.0. The number of fused-ring (bicyclic) bond motifs is 3. The third-order valence-corrected chi connectivity index (χ3v) is 13.3. The Morgan fingerprint density at radius 1 is 1.13 bits per heavy atom. The number of nitrogens with one attached hydrogen (secondary N) is 1. The fourth-order valence-electron chi connectivity index (χ4n) is 8.24. The standard InChI is InChI=1S/C35H38BrFN4O5Si/c1-21-32(47(2,3)37)30(18-31(43)39-15-7-10-25(39)20-42)46-35(21)27-17-23(36)13-14-29(27)40(34(35)45)19-22-8-6-9-24(16-22)41-33(44)26-11-4-5-12-28(26)38-41/h4-6,8-9,11-14,16-17,21,25,30,32,38,42H,7,10,15,18-20H2,1-3H3/t21-,25-,30+,32-,35+/m0/s1. The van der Waals surface area contributed by atoms with Crippen LogP contribution in [-0.2, 0) is 26.5 Å². The van der Waals surface area contributed by atoms with Gasteiger partial charge in [0.15, 0.2) is 5.60 Å². The number of aromatic nitrogens is 2. The normalized spacial score (nSPS) is 25.8. The van der Waals surface area contributed by atoms with Crippen LogP contribution in [0.25, 0.3) is 16.6 Å². The number of H-pyrrole nitrogens is 1. The molecule has 47 heavy (non-hydrogen) atoms. The number of hydrogen-bond acceptors (Lipinski definition) is 5. The predicted molar refractivity (Wildman–Crippen MR) is 184 cm³/mol. The highest BCUT2D eigenvalue weighted by Crippen LogP contribution is 2.60. The molecule has 0 radical (unpaired) electrons. The minimum atomic E-state index is -3.46. The molecule has 0 bridgehead atoms. The van der Waals surface area contributed by atoms with E-state index in [0.29, 0.717) is 28.9 Å². The second kappa shape index (κ2) is 11.8. The Morgan fingerprint density at radius 3 is 2.66 bits per heavy atom. The number of rotatable bonds is 7. The number of carbonyl (C=O) groups is 2. The van der Waals surface area contributed by atoms with Crippen LogP contribution < -0.4 is 10.5 Å². The number of para-hydroxylation sites is 1. The number of hydrogen-bond donors (Lipinski definition) is 2. The van der Waals surface area contributed by atoms with Crippen LogP contribution in [0.4, 0.5) is 9.80 Å². The number of benzene rings is 3. The summed E-state index contributed by atoms with van der Waals surface area (Å²) in [5, 5.41) is 13.6. The van der Waals surface area contributed by atoms with Gasteiger partial charge in [-0.15, -0.1) is 0 Å². The minimum absolute atomic E-state index is 0.0501. The van der Waals surface area contributed by atoms with Gasteiger partial charge in [-0.25, -0.2) is 4.68 Å². The van der Waals surface area contributed by atoms with Crippen LogP contribution in [0.15, 0.2) is 76.0 Å². The fourth-order valence-corrected chi connectivity index (χ4v) is 11.1. The van der Waals surface area contributed by atoms with Crippen LogP contribution in [0.5, 0.6) is 0 Å². The lowest BCUT2D eigenvalue weighted by Gasteiger charge is -2.31. The van der Waals surface area contributed by atoms with Crippen molar-refractivity contribution < 1.29 is 23.5 Å². The summed E-state index contributed by atoms with van der Waals surface area (Å²) in [6.45, 7) is 5.75. The van der Waals surface area contributed by atoms with Crippen molar-refractivity contribution in [2.24, 2.45) is 5.92 Å². The quantitative estimate of drug-likeness (QED) is 0.186. The third-order valence-electron chi connectivity index (χ3n) is 10.3. The molecular weight excluding hydrogens is 683 g/mol. The van der Waals surface area contributed by atoms with Crippen LogP contribution in [0.3, 0.4) is 0 Å². The number of halogens is 2. The summed E-state index contributed by atoms with van der Waals surface area (Å²) in [7, 11) is -3.46. The number of aliphatic hydroxyl groups is 1. The van der Waals surface area contributed by atoms with Crippen LogP contribution in [0.2, 0.25) is 18.6 Å². The van der Waals surface area contributed by atoms with Gasteiger partial charge in [0.25, 0.3) is 11.5 Å². The number of amides is 2. The number of anilines is 1. The molecule has 2 saturated heterocycles. The zero-order valence-electron chi connectivity index (χ0n) is 26.6. The van der Waals surface area contributed by atoms with Crippen molar-refractivity contribution in [3.8, 4) is 5.69 Å². The Balaban J connectivity index is 1.24. The van der Waals surface area contributed by atoms with Gasteiger partial charge in [0, 0.05) is 28.0 Å². The molecule has 0 saturated carbocycles. The lowest BCUT2D eigenvalue weighted by molar-refractivity contribution is -0.150. The molecule has 3 aliphatic heterocycles. The maximum Gasteiger partial charge on any atom is 0.279 e. The molecule has 3 aliphatic rings. The van der Waals surface area contributed by atoms with E-state index in [1.165, 1.54) is 4.68 Å². The van der Waals surface area contributed by atoms with Gasteiger partial charge in [-0.2, -0.15) is 0 Å². The Bertz CT molecular complexity index is 1940. The SMILES string of the molecule is C[C@H]1[C@H]([Si](C)(C)F)[C@@H](CC(=O)N2CCC[C@H]2CO)O[C@]12C(=O)N(Cc1cccc(-n3[nH]c4ccccc4c3=O)c1)c1ccc(Br)cc12. The van der Waals surface area contributed by atoms with Crippen molar-refractivity contribution in [2.75, 3.05) is 18.1 Å². The largest absolute Gasteiger partial charge is 0.394 e. The molecule has 7 rings (SSSR count). The number of likely N-dealkylation sites (tertiary alicyclic amines) is 1. The molecule has 0 aliphatic carbocycles. The Hall–Kier alpha value is -3.58. The fraction of sp³-hybridized carbons (Fsp3) is 0.400. The van der Waals surface area contributed by atoms with Gasteiger partial charge in [0.1, 0.15) is 0 Å². The van der Waals surface area contributed by atoms with Gasteiger partial charge < -0.3 is 23.8 Å². The van der Waals surface area contributed by atoms with Crippen LogP contribution in [0, 0.1) is 5.92 Å². The minimum Gasteiger partial charge on any atom is -0.394 e. The summed E-state index contributed by atoms with van der Waals surface area (Å²) in [5.41, 5.74) is 1.23. The zero-order chi connectivity index (χ0) is 33.2. The van der Waals surface area contributed by atoms with Crippen molar-refractivity contribution in [3.05, 3.63) is 92.7 Å². The third kappa shape index (κ3) is 5.20. The van der Waals surface area contributed by atoms with Crippen molar-refractivity contribution in [3.63, 3.8) is 0 Å². The van der Waals surface area contributed by atoms with Crippen molar-refractivity contribution >= 4 is 52.7 Å². The molecule has 9 nitrogen and oxygen atoms in total. The number of ether oxygens (including phenoxy) is 1. The molecular formula is C35H38BrFN4O5Si. The van der Waals surface area contributed by atoms with Gasteiger partial charge >= 0.3 is 0 Å². The maximum atomic E-state index is 16.3. The molecule has 5 atom stereocenters. The van der Waals surface area contributed by atoms with Crippen LogP contribution in [-0.4, -0.2) is 65.3 Å². The van der Waals surface area contributed by atoms with E-state index in [2.05, 4.69) is 21.0 Å². The summed E-state index contributed by atoms with van der Waals surface area (Å²) in [4.78, 5) is 44.9. The van der Waals surface area contributed by atoms with E-state index in [-0.39, 0.29) is 43.0 Å². The van der Waals surface area contributed by atoms with E-state index in [1.807, 2.05) is 67.6 Å². The monoisotopic (exact) mass is 720 g/mol. The van der Waals surface area contributed by atoms with Gasteiger partial charge in [0.05, 0.1) is 54.0 Å². The lowest BCUT2D eigenvalue weighted by atomic mass is 9.82. The van der Waals surface area contributed by atoms with E-state index in [9.17, 15) is 19.5 Å². The van der Waals surface area contributed by atoms with Gasteiger partial charge in [-0.1, -0.05) is 47.1 Å². The highest BCUT2D eigenvalue weighted by molar-refractivity contribution is 9.10. The van der Waals surface area contributed by atoms with Crippen LogP contribution >= 0.6 is 15.9 Å². The van der Waals surface area contributed by atoms with Crippen molar-refractivity contribution in [1.29, 1.82) is 0 Å². The van der Waals surface area contributed by atoms with Gasteiger partial charge in [-0.05, 0) is 74.0 Å². The Morgan fingerprint density at radius 2 is 1.91 bits per heavy atom. The smallest absolute Gasteiger partial charge is 0.279 e. The van der Waals surface area contributed by atoms with E-state index in [4.69, 9.17) is 4.74 Å². The highest BCUT2D eigenvalue weighted by atomic mass is 79.9. The summed E-state index contributed by atoms with van der Waals surface area (Å²) in [6.07, 6.45) is 0.690. The summed E-state index contributed by atoms with van der Waals surface area (Å²) in [5.74, 6) is -1.01. The molecule has 0 unspecified atom stereocenters.